The summed E-state index contributed by atoms with van der Waals surface area (Å²) in [5.74, 6) is -0.186. The SMILES string of the molecule is CC1C(=O)NC(C)(c2ccccc2)C(=O)N1C(C)(C)C. The highest BCUT2D eigenvalue weighted by Crippen LogP contribution is 2.32. The van der Waals surface area contributed by atoms with Gasteiger partial charge < -0.3 is 10.2 Å². The highest BCUT2D eigenvalue weighted by atomic mass is 16.2. The second kappa shape index (κ2) is 4.62. The van der Waals surface area contributed by atoms with Crippen molar-refractivity contribution in [2.45, 2.75) is 51.7 Å². The van der Waals surface area contributed by atoms with Gasteiger partial charge in [-0.25, -0.2) is 0 Å². The molecular formula is C16H22N2O2. The third kappa shape index (κ3) is 2.19. The van der Waals surface area contributed by atoms with E-state index in [4.69, 9.17) is 0 Å². The number of nitrogens with zero attached hydrogens (tertiary/aromatic N) is 1. The van der Waals surface area contributed by atoms with Gasteiger partial charge in [-0.1, -0.05) is 30.3 Å². The molecule has 1 heterocycles. The van der Waals surface area contributed by atoms with E-state index in [1.807, 2.05) is 51.1 Å². The van der Waals surface area contributed by atoms with Gasteiger partial charge in [-0.15, -0.1) is 0 Å². The van der Waals surface area contributed by atoms with Crippen LogP contribution in [0.25, 0.3) is 0 Å². The van der Waals surface area contributed by atoms with Crippen molar-refractivity contribution in [1.29, 1.82) is 0 Å². The number of carbonyl (C=O) groups excluding carboxylic acids is 2. The molecule has 2 atom stereocenters. The number of rotatable bonds is 1. The minimum atomic E-state index is -1.00. The predicted molar refractivity (Wildman–Crippen MR) is 78.0 cm³/mol. The highest BCUT2D eigenvalue weighted by Gasteiger charge is 2.50. The van der Waals surface area contributed by atoms with Crippen LogP contribution in [0.3, 0.4) is 0 Å². The first-order valence-corrected chi connectivity index (χ1v) is 6.89. The summed E-state index contributed by atoms with van der Waals surface area (Å²) in [4.78, 5) is 26.9. The lowest BCUT2D eigenvalue weighted by molar-refractivity contribution is -0.160. The van der Waals surface area contributed by atoms with Crippen LogP contribution in [0, 0.1) is 0 Å². The second-order valence-electron chi connectivity index (χ2n) is 6.50. The van der Waals surface area contributed by atoms with E-state index < -0.39 is 17.1 Å². The standard InChI is InChI=1S/C16H22N2O2/c1-11-13(19)17-16(5,12-9-7-6-8-10-12)14(20)18(11)15(2,3)4/h6-11H,1-5H3,(H,17,19). The molecule has 2 amide bonds. The first kappa shape index (κ1) is 14.6. The van der Waals surface area contributed by atoms with Crippen LogP contribution in [-0.4, -0.2) is 28.3 Å². The molecule has 0 aromatic heterocycles. The summed E-state index contributed by atoms with van der Waals surface area (Å²) >= 11 is 0. The van der Waals surface area contributed by atoms with E-state index in [2.05, 4.69) is 5.32 Å². The number of nitrogens with one attached hydrogen (secondary N) is 1. The summed E-state index contributed by atoms with van der Waals surface area (Å²) in [6, 6.07) is 8.93. The first-order valence-electron chi connectivity index (χ1n) is 6.89. The van der Waals surface area contributed by atoms with Gasteiger partial charge >= 0.3 is 0 Å². The Morgan fingerprint density at radius 1 is 1.15 bits per heavy atom. The molecule has 0 bridgehead atoms. The molecule has 20 heavy (non-hydrogen) atoms. The van der Waals surface area contributed by atoms with Gasteiger partial charge in [0.15, 0.2) is 0 Å². The Labute approximate surface area is 120 Å². The third-order valence-electron chi connectivity index (χ3n) is 3.86. The summed E-state index contributed by atoms with van der Waals surface area (Å²) < 4.78 is 0. The molecule has 1 N–H and O–H groups in total. The fraction of sp³-hybridized carbons (Fsp3) is 0.500. The minimum Gasteiger partial charge on any atom is -0.336 e. The number of amides is 2. The van der Waals surface area contributed by atoms with Gasteiger partial charge in [0.05, 0.1) is 0 Å². The van der Waals surface area contributed by atoms with E-state index in [1.165, 1.54) is 0 Å². The van der Waals surface area contributed by atoms with E-state index in [9.17, 15) is 9.59 Å². The van der Waals surface area contributed by atoms with E-state index in [0.29, 0.717) is 0 Å². The summed E-state index contributed by atoms with van der Waals surface area (Å²) in [7, 11) is 0. The van der Waals surface area contributed by atoms with Crippen molar-refractivity contribution < 1.29 is 9.59 Å². The van der Waals surface area contributed by atoms with Crippen molar-refractivity contribution in [2.75, 3.05) is 0 Å². The zero-order valence-electron chi connectivity index (χ0n) is 12.7. The van der Waals surface area contributed by atoms with Gasteiger partial charge in [-0.2, -0.15) is 0 Å². The molecule has 108 valence electrons. The second-order valence-corrected chi connectivity index (χ2v) is 6.50. The fourth-order valence-electron chi connectivity index (χ4n) is 2.79. The Bertz CT molecular complexity index is 533. The third-order valence-corrected chi connectivity index (χ3v) is 3.86. The summed E-state index contributed by atoms with van der Waals surface area (Å²) in [6.07, 6.45) is 0. The summed E-state index contributed by atoms with van der Waals surface area (Å²) in [6.45, 7) is 9.39. The average molecular weight is 274 g/mol. The van der Waals surface area contributed by atoms with Crippen molar-refractivity contribution in [2.24, 2.45) is 0 Å². The number of carbonyl (C=O) groups is 2. The zero-order valence-corrected chi connectivity index (χ0v) is 12.7. The van der Waals surface area contributed by atoms with E-state index >= 15 is 0 Å². The Kier molecular flexibility index (Phi) is 3.36. The zero-order chi connectivity index (χ0) is 15.1. The molecule has 0 aliphatic carbocycles. The Morgan fingerprint density at radius 2 is 1.70 bits per heavy atom. The topological polar surface area (TPSA) is 49.4 Å². The van der Waals surface area contributed by atoms with Crippen molar-refractivity contribution in [3.8, 4) is 0 Å². The summed E-state index contributed by atoms with van der Waals surface area (Å²) in [5.41, 5.74) is -0.595. The number of piperazine rings is 1. The van der Waals surface area contributed by atoms with Crippen molar-refractivity contribution in [3.63, 3.8) is 0 Å². The largest absolute Gasteiger partial charge is 0.336 e. The molecule has 2 unspecified atom stereocenters. The number of hydrogen-bond acceptors (Lipinski definition) is 2. The Balaban J connectivity index is 2.51. The molecule has 1 aromatic rings. The Morgan fingerprint density at radius 3 is 2.20 bits per heavy atom. The highest BCUT2D eigenvalue weighted by molar-refractivity contribution is 6.00. The molecule has 1 saturated heterocycles. The molecule has 4 nitrogen and oxygen atoms in total. The lowest BCUT2D eigenvalue weighted by atomic mass is 9.85. The molecule has 1 aliphatic heterocycles. The maximum Gasteiger partial charge on any atom is 0.253 e. The van der Waals surface area contributed by atoms with Crippen LogP contribution in [0.2, 0.25) is 0 Å². The molecular weight excluding hydrogens is 252 g/mol. The molecule has 0 saturated carbocycles. The maximum atomic E-state index is 13.0. The van der Waals surface area contributed by atoms with Crippen LogP contribution in [0.15, 0.2) is 30.3 Å². The monoisotopic (exact) mass is 274 g/mol. The van der Waals surface area contributed by atoms with Gasteiger partial charge in [0.1, 0.15) is 11.6 Å². The van der Waals surface area contributed by atoms with Crippen molar-refractivity contribution in [1.82, 2.24) is 10.2 Å². The van der Waals surface area contributed by atoms with E-state index in [-0.39, 0.29) is 11.8 Å². The molecule has 1 fully saturated rings. The van der Waals surface area contributed by atoms with Gasteiger partial charge in [0, 0.05) is 5.54 Å². The van der Waals surface area contributed by atoms with Crippen molar-refractivity contribution in [3.05, 3.63) is 35.9 Å². The lowest BCUT2D eigenvalue weighted by Gasteiger charge is -2.49. The smallest absolute Gasteiger partial charge is 0.253 e. The van der Waals surface area contributed by atoms with Gasteiger partial charge in [0.2, 0.25) is 5.91 Å². The number of hydrogen-bond donors (Lipinski definition) is 1. The van der Waals surface area contributed by atoms with E-state index in [0.717, 1.165) is 5.56 Å². The molecule has 0 spiro atoms. The van der Waals surface area contributed by atoms with Crippen molar-refractivity contribution >= 4 is 11.8 Å². The average Bonchev–Trinajstić information content (AvgIpc) is 2.36. The Hall–Kier alpha value is -1.84. The maximum absolute atomic E-state index is 13.0. The van der Waals surface area contributed by atoms with E-state index in [1.54, 1.807) is 18.7 Å². The molecule has 0 radical (unpaired) electrons. The summed E-state index contributed by atoms with van der Waals surface area (Å²) in [5, 5.41) is 2.88. The van der Waals surface area contributed by atoms with Gasteiger partial charge in [-0.3, -0.25) is 9.59 Å². The molecule has 1 aliphatic rings. The van der Waals surface area contributed by atoms with Crippen LogP contribution >= 0.6 is 0 Å². The quantitative estimate of drug-likeness (QED) is 0.852. The first-order chi connectivity index (χ1) is 9.18. The van der Waals surface area contributed by atoms with Crippen LogP contribution in [-0.2, 0) is 15.1 Å². The normalized spacial score (nSPS) is 27.4. The minimum absolute atomic E-state index is 0.0664. The predicted octanol–water partition coefficient (Wildman–Crippen LogP) is 2.05. The van der Waals surface area contributed by atoms with Gasteiger partial charge in [0.25, 0.3) is 5.91 Å². The molecule has 2 rings (SSSR count). The fourth-order valence-corrected chi connectivity index (χ4v) is 2.79. The van der Waals surface area contributed by atoms with Crippen LogP contribution in [0.4, 0.5) is 0 Å². The van der Waals surface area contributed by atoms with Crippen LogP contribution in [0.5, 0.6) is 0 Å². The number of benzene rings is 1. The van der Waals surface area contributed by atoms with Crippen LogP contribution < -0.4 is 5.32 Å². The van der Waals surface area contributed by atoms with Crippen LogP contribution in [0.1, 0.15) is 40.2 Å². The molecule has 1 aromatic carbocycles. The van der Waals surface area contributed by atoms with Gasteiger partial charge in [-0.05, 0) is 40.2 Å². The molecule has 4 heteroatoms. The lowest BCUT2D eigenvalue weighted by Crippen LogP contribution is -2.70.